The van der Waals surface area contributed by atoms with E-state index in [2.05, 4.69) is 5.32 Å². The lowest BCUT2D eigenvalue weighted by Gasteiger charge is -2.26. The molecule has 0 heterocycles. The number of aliphatic hydroxyl groups excluding tert-OH is 1. The van der Waals surface area contributed by atoms with Gasteiger partial charge in [-0.2, -0.15) is 0 Å². The summed E-state index contributed by atoms with van der Waals surface area (Å²) in [5.41, 5.74) is 7.72. The van der Waals surface area contributed by atoms with E-state index in [1.807, 2.05) is 45.0 Å². The Bertz CT molecular complexity index is 424. The summed E-state index contributed by atoms with van der Waals surface area (Å²) in [5, 5.41) is 11.9. The van der Waals surface area contributed by atoms with Crippen LogP contribution in [0.5, 0.6) is 0 Å². The summed E-state index contributed by atoms with van der Waals surface area (Å²) in [7, 11) is 0. The van der Waals surface area contributed by atoms with E-state index in [9.17, 15) is 4.79 Å². The SMILES string of the molecule is CC(C)(C)C(N)CC(=O)NCc1cccc(CO)c1. The molecule has 1 amide bonds. The number of aliphatic hydroxyl groups is 1. The van der Waals surface area contributed by atoms with Crippen molar-refractivity contribution >= 4 is 5.91 Å². The van der Waals surface area contributed by atoms with Crippen LogP contribution in [-0.4, -0.2) is 17.1 Å². The zero-order chi connectivity index (χ0) is 14.5. The summed E-state index contributed by atoms with van der Waals surface area (Å²) in [6.45, 7) is 6.54. The molecule has 1 unspecified atom stereocenters. The molecule has 0 fully saturated rings. The van der Waals surface area contributed by atoms with Gasteiger partial charge in [0.25, 0.3) is 0 Å². The van der Waals surface area contributed by atoms with E-state index in [4.69, 9.17) is 10.8 Å². The summed E-state index contributed by atoms with van der Waals surface area (Å²) < 4.78 is 0. The van der Waals surface area contributed by atoms with Crippen molar-refractivity contribution in [1.29, 1.82) is 0 Å². The third-order valence-corrected chi connectivity index (χ3v) is 3.18. The molecule has 0 aromatic heterocycles. The molecule has 19 heavy (non-hydrogen) atoms. The molecule has 0 aliphatic rings. The predicted molar refractivity (Wildman–Crippen MR) is 76.3 cm³/mol. The molecule has 1 rings (SSSR count). The molecule has 0 radical (unpaired) electrons. The summed E-state index contributed by atoms with van der Waals surface area (Å²) in [5.74, 6) is -0.0446. The van der Waals surface area contributed by atoms with Crippen molar-refractivity contribution in [2.24, 2.45) is 11.1 Å². The van der Waals surface area contributed by atoms with Crippen molar-refractivity contribution in [1.82, 2.24) is 5.32 Å². The Kier molecular flexibility index (Phi) is 5.51. The molecular weight excluding hydrogens is 240 g/mol. The van der Waals surface area contributed by atoms with Gasteiger partial charge in [0.1, 0.15) is 0 Å². The first-order valence-corrected chi connectivity index (χ1v) is 6.54. The lowest BCUT2D eigenvalue weighted by Crippen LogP contribution is -2.40. The van der Waals surface area contributed by atoms with E-state index >= 15 is 0 Å². The molecule has 0 aliphatic heterocycles. The van der Waals surface area contributed by atoms with Gasteiger partial charge in [0.05, 0.1) is 6.61 Å². The van der Waals surface area contributed by atoms with Crippen LogP contribution in [0, 0.1) is 5.41 Å². The van der Waals surface area contributed by atoms with Crippen LogP contribution in [-0.2, 0) is 17.9 Å². The molecular formula is C15H24N2O2. The Balaban J connectivity index is 2.46. The zero-order valence-electron chi connectivity index (χ0n) is 11.9. The Labute approximate surface area is 115 Å². The fourth-order valence-electron chi connectivity index (χ4n) is 1.62. The maximum Gasteiger partial charge on any atom is 0.221 e. The van der Waals surface area contributed by atoms with E-state index < -0.39 is 0 Å². The van der Waals surface area contributed by atoms with Crippen LogP contribution < -0.4 is 11.1 Å². The molecule has 4 N–H and O–H groups in total. The number of carbonyl (C=O) groups excluding carboxylic acids is 1. The molecule has 0 saturated carbocycles. The van der Waals surface area contributed by atoms with Crippen LogP contribution in [0.2, 0.25) is 0 Å². The number of benzene rings is 1. The highest BCUT2D eigenvalue weighted by molar-refractivity contribution is 5.76. The Morgan fingerprint density at radius 1 is 1.37 bits per heavy atom. The van der Waals surface area contributed by atoms with Crippen LogP contribution >= 0.6 is 0 Å². The molecule has 1 aromatic carbocycles. The molecule has 1 atom stereocenters. The van der Waals surface area contributed by atoms with Crippen LogP contribution in [0.1, 0.15) is 38.3 Å². The molecule has 0 spiro atoms. The normalized spacial score (nSPS) is 13.1. The van der Waals surface area contributed by atoms with Gasteiger partial charge >= 0.3 is 0 Å². The Morgan fingerprint density at radius 3 is 2.58 bits per heavy atom. The van der Waals surface area contributed by atoms with E-state index in [-0.39, 0.29) is 24.0 Å². The highest BCUT2D eigenvalue weighted by Crippen LogP contribution is 2.19. The molecule has 4 heteroatoms. The van der Waals surface area contributed by atoms with Crippen molar-refractivity contribution in [3.63, 3.8) is 0 Å². The van der Waals surface area contributed by atoms with Gasteiger partial charge in [-0.25, -0.2) is 0 Å². The highest BCUT2D eigenvalue weighted by Gasteiger charge is 2.22. The van der Waals surface area contributed by atoms with Crippen LogP contribution in [0.25, 0.3) is 0 Å². The summed E-state index contributed by atoms with van der Waals surface area (Å²) in [6, 6.07) is 7.36. The largest absolute Gasteiger partial charge is 0.392 e. The van der Waals surface area contributed by atoms with Crippen molar-refractivity contribution in [3.8, 4) is 0 Å². The second kappa shape index (κ2) is 6.68. The van der Waals surface area contributed by atoms with Gasteiger partial charge in [-0.3, -0.25) is 4.79 Å². The maximum atomic E-state index is 11.8. The van der Waals surface area contributed by atoms with Gasteiger partial charge in [0.15, 0.2) is 0 Å². The molecule has 0 bridgehead atoms. The van der Waals surface area contributed by atoms with Crippen LogP contribution in [0.15, 0.2) is 24.3 Å². The number of hydrogen-bond acceptors (Lipinski definition) is 3. The Morgan fingerprint density at radius 2 is 2.00 bits per heavy atom. The number of amides is 1. The summed E-state index contributed by atoms with van der Waals surface area (Å²) >= 11 is 0. The number of nitrogens with one attached hydrogen (secondary N) is 1. The number of rotatable bonds is 5. The first kappa shape index (κ1) is 15.7. The lowest BCUT2D eigenvalue weighted by atomic mass is 9.85. The van der Waals surface area contributed by atoms with Gasteiger partial charge in [0, 0.05) is 19.0 Å². The highest BCUT2D eigenvalue weighted by atomic mass is 16.3. The topological polar surface area (TPSA) is 75.4 Å². The summed E-state index contributed by atoms with van der Waals surface area (Å²) in [6.07, 6.45) is 0.323. The zero-order valence-corrected chi connectivity index (χ0v) is 11.9. The minimum Gasteiger partial charge on any atom is -0.392 e. The fourth-order valence-corrected chi connectivity index (χ4v) is 1.62. The monoisotopic (exact) mass is 264 g/mol. The molecule has 4 nitrogen and oxygen atoms in total. The first-order valence-electron chi connectivity index (χ1n) is 6.54. The van der Waals surface area contributed by atoms with Crippen LogP contribution in [0.3, 0.4) is 0 Å². The molecule has 1 aromatic rings. The first-order chi connectivity index (χ1) is 8.82. The summed E-state index contributed by atoms with van der Waals surface area (Å²) in [4.78, 5) is 11.8. The van der Waals surface area contributed by atoms with Crippen LogP contribution in [0.4, 0.5) is 0 Å². The van der Waals surface area contributed by atoms with Gasteiger partial charge < -0.3 is 16.2 Å². The average Bonchev–Trinajstić information content (AvgIpc) is 2.35. The Hall–Kier alpha value is -1.39. The van der Waals surface area contributed by atoms with Gasteiger partial charge in [-0.05, 0) is 16.5 Å². The second-order valence-electron chi connectivity index (χ2n) is 5.93. The second-order valence-corrected chi connectivity index (χ2v) is 5.93. The molecule has 0 saturated heterocycles. The number of nitrogens with two attached hydrogens (primary N) is 1. The minimum absolute atomic E-state index is 0.0106. The van der Waals surface area contributed by atoms with E-state index in [0.29, 0.717) is 13.0 Å². The third-order valence-electron chi connectivity index (χ3n) is 3.18. The van der Waals surface area contributed by atoms with E-state index in [1.54, 1.807) is 0 Å². The number of hydrogen-bond donors (Lipinski definition) is 3. The van der Waals surface area contributed by atoms with E-state index in [1.165, 1.54) is 0 Å². The van der Waals surface area contributed by atoms with Crippen molar-refractivity contribution in [2.75, 3.05) is 0 Å². The smallest absolute Gasteiger partial charge is 0.221 e. The third kappa shape index (κ3) is 5.41. The van der Waals surface area contributed by atoms with Gasteiger partial charge in [0.2, 0.25) is 5.91 Å². The van der Waals surface area contributed by atoms with Crippen molar-refractivity contribution in [3.05, 3.63) is 35.4 Å². The molecule has 106 valence electrons. The van der Waals surface area contributed by atoms with E-state index in [0.717, 1.165) is 11.1 Å². The lowest BCUT2D eigenvalue weighted by molar-refractivity contribution is -0.122. The average molecular weight is 264 g/mol. The number of carbonyl (C=O) groups is 1. The maximum absolute atomic E-state index is 11.8. The van der Waals surface area contributed by atoms with Gasteiger partial charge in [-0.1, -0.05) is 45.0 Å². The standard InChI is InChI=1S/C15H24N2O2/c1-15(2,3)13(16)8-14(19)17-9-11-5-4-6-12(7-11)10-18/h4-7,13,18H,8-10,16H2,1-3H3,(H,17,19). The minimum atomic E-state index is -0.156. The van der Waals surface area contributed by atoms with Crippen molar-refractivity contribution < 1.29 is 9.90 Å². The quantitative estimate of drug-likeness (QED) is 0.755. The van der Waals surface area contributed by atoms with Gasteiger partial charge in [-0.15, -0.1) is 0 Å². The predicted octanol–water partition coefficient (Wildman–Crippen LogP) is 1.56. The fraction of sp³-hybridized carbons (Fsp3) is 0.533. The van der Waals surface area contributed by atoms with Crippen molar-refractivity contribution in [2.45, 2.75) is 46.4 Å². The molecule has 0 aliphatic carbocycles.